The Hall–Kier alpha value is -2.82. The average Bonchev–Trinajstić information content (AvgIpc) is 2.61. The molecule has 5 nitrogen and oxygen atoms in total. The van der Waals surface area contributed by atoms with Crippen molar-refractivity contribution in [2.45, 2.75) is 32.4 Å². The molecule has 0 aliphatic rings. The number of nitrogens with one attached hydrogen (secondary N) is 2. The van der Waals surface area contributed by atoms with Crippen LogP contribution in [0.1, 0.15) is 24.5 Å². The number of alkyl carbamates (subject to hydrolysis) is 1. The molecule has 0 spiro atoms. The van der Waals surface area contributed by atoms with Gasteiger partial charge in [0.15, 0.2) is 0 Å². The van der Waals surface area contributed by atoms with Crippen molar-refractivity contribution >= 4 is 12.0 Å². The molecule has 0 unspecified atom stereocenters. The zero-order valence-corrected chi connectivity index (χ0v) is 14.4. The molecule has 0 saturated heterocycles. The van der Waals surface area contributed by atoms with E-state index in [1.54, 1.807) is 0 Å². The molecule has 0 bridgehead atoms. The summed E-state index contributed by atoms with van der Waals surface area (Å²) >= 11 is 0. The molecule has 0 aromatic heterocycles. The Kier molecular flexibility index (Phi) is 7.50. The van der Waals surface area contributed by atoms with Crippen LogP contribution in [0.15, 0.2) is 60.7 Å². The summed E-state index contributed by atoms with van der Waals surface area (Å²) in [4.78, 5) is 23.5. The molecule has 0 saturated carbocycles. The Labute approximate surface area is 148 Å². The minimum absolute atomic E-state index is 0.0416. The topological polar surface area (TPSA) is 67.4 Å². The van der Waals surface area contributed by atoms with Crippen LogP contribution in [0.2, 0.25) is 0 Å². The Balaban J connectivity index is 1.59. The van der Waals surface area contributed by atoms with Crippen molar-refractivity contribution in [3.05, 3.63) is 71.8 Å². The van der Waals surface area contributed by atoms with Crippen molar-refractivity contribution in [2.75, 3.05) is 6.54 Å². The second-order valence-electron chi connectivity index (χ2n) is 5.90. The zero-order chi connectivity index (χ0) is 17.9. The third-order valence-electron chi connectivity index (χ3n) is 3.63. The molecule has 2 aromatic carbocycles. The first kappa shape index (κ1) is 18.5. The molecule has 2 N–H and O–H groups in total. The number of carbonyl (C=O) groups excluding carboxylic acids is 2. The quantitative estimate of drug-likeness (QED) is 0.776. The van der Waals surface area contributed by atoms with Gasteiger partial charge in [0.25, 0.3) is 0 Å². The maximum Gasteiger partial charge on any atom is 0.407 e. The molecule has 0 aliphatic carbocycles. The van der Waals surface area contributed by atoms with Crippen molar-refractivity contribution < 1.29 is 14.3 Å². The third kappa shape index (κ3) is 7.52. The van der Waals surface area contributed by atoms with E-state index in [9.17, 15) is 9.59 Å². The minimum atomic E-state index is -0.519. The molecule has 0 radical (unpaired) electrons. The van der Waals surface area contributed by atoms with E-state index in [-0.39, 0.29) is 31.5 Å². The van der Waals surface area contributed by atoms with Gasteiger partial charge in [0.1, 0.15) is 6.61 Å². The van der Waals surface area contributed by atoms with Gasteiger partial charge in [-0.25, -0.2) is 4.79 Å². The highest BCUT2D eigenvalue weighted by Crippen LogP contribution is 2.03. The fourth-order valence-corrected chi connectivity index (χ4v) is 2.42. The first-order valence-corrected chi connectivity index (χ1v) is 8.41. The van der Waals surface area contributed by atoms with Crippen LogP contribution in [0.3, 0.4) is 0 Å². The third-order valence-corrected chi connectivity index (χ3v) is 3.63. The predicted molar refractivity (Wildman–Crippen MR) is 97.0 cm³/mol. The average molecular weight is 340 g/mol. The summed E-state index contributed by atoms with van der Waals surface area (Å²) in [5.74, 6) is -0.0909. The summed E-state index contributed by atoms with van der Waals surface area (Å²) in [6, 6.07) is 19.5. The van der Waals surface area contributed by atoms with E-state index in [0.29, 0.717) is 0 Å². The lowest BCUT2D eigenvalue weighted by Crippen LogP contribution is -2.36. The molecular formula is C20H24N2O3. The van der Waals surface area contributed by atoms with Crippen LogP contribution in [-0.4, -0.2) is 24.6 Å². The molecule has 132 valence electrons. The summed E-state index contributed by atoms with van der Waals surface area (Å²) in [5.41, 5.74) is 2.10. The van der Waals surface area contributed by atoms with Gasteiger partial charge >= 0.3 is 6.09 Å². The first-order chi connectivity index (χ1) is 12.1. The summed E-state index contributed by atoms with van der Waals surface area (Å²) in [7, 11) is 0. The number of benzene rings is 2. The van der Waals surface area contributed by atoms with Gasteiger partial charge in [0, 0.05) is 19.0 Å². The molecule has 1 atom stereocenters. The second kappa shape index (κ2) is 10.1. The van der Waals surface area contributed by atoms with Gasteiger partial charge in [-0.1, -0.05) is 60.7 Å². The fraction of sp³-hybridized carbons (Fsp3) is 0.300. The fourth-order valence-electron chi connectivity index (χ4n) is 2.42. The number of carbonyl (C=O) groups is 2. The lowest BCUT2D eigenvalue weighted by atomic mass is 10.1. The monoisotopic (exact) mass is 340 g/mol. The van der Waals surface area contributed by atoms with Gasteiger partial charge < -0.3 is 15.4 Å². The van der Waals surface area contributed by atoms with E-state index in [1.165, 1.54) is 5.56 Å². The van der Waals surface area contributed by atoms with E-state index < -0.39 is 6.09 Å². The minimum Gasteiger partial charge on any atom is -0.445 e. The first-order valence-electron chi connectivity index (χ1n) is 8.41. The second-order valence-corrected chi connectivity index (χ2v) is 5.90. The van der Waals surface area contributed by atoms with Crippen molar-refractivity contribution in [3.8, 4) is 0 Å². The van der Waals surface area contributed by atoms with Gasteiger partial charge in [-0.3, -0.25) is 4.79 Å². The molecule has 2 amide bonds. The number of hydrogen-bond donors (Lipinski definition) is 2. The Morgan fingerprint density at radius 1 is 0.960 bits per heavy atom. The summed E-state index contributed by atoms with van der Waals surface area (Å²) in [6.45, 7) is 2.43. The van der Waals surface area contributed by atoms with Crippen molar-refractivity contribution in [1.29, 1.82) is 0 Å². The Morgan fingerprint density at radius 3 is 2.20 bits per heavy atom. The van der Waals surface area contributed by atoms with Crippen molar-refractivity contribution in [1.82, 2.24) is 10.6 Å². The van der Waals surface area contributed by atoms with E-state index in [4.69, 9.17) is 4.74 Å². The van der Waals surface area contributed by atoms with Crippen LogP contribution in [0.5, 0.6) is 0 Å². The number of ether oxygens (including phenoxy) is 1. The van der Waals surface area contributed by atoms with Crippen LogP contribution in [0, 0.1) is 0 Å². The van der Waals surface area contributed by atoms with Gasteiger partial charge in [0.05, 0.1) is 0 Å². The highest BCUT2D eigenvalue weighted by atomic mass is 16.5. The van der Waals surface area contributed by atoms with Crippen LogP contribution < -0.4 is 10.6 Å². The van der Waals surface area contributed by atoms with Crippen LogP contribution in [-0.2, 0) is 22.6 Å². The standard InChI is InChI=1S/C20H24N2O3/c1-16(14-17-8-4-2-5-9-17)22-19(23)12-13-21-20(24)25-15-18-10-6-3-7-11-18/h2-11,16H,12-15H2,1H3,(H,21,24)(H,22,23)/t16-/m0/s1. The maximum atomic E-state index is 11.9. The maximum absolute atomic E-state index is 11.9. The SMILES string of the molecule is C[C@@H](Cc1ccccc1)NC(=O)CCNC(=O)OCc1ccccc1. The van der Waals surface area contributed by atoms with Crippen LogP contribution >= 0.6 is 0 Å². The van der Waals surface area contributed by atoms with E-state index in [2.05, 4.69) is 10.6 Å². The van der Waals surface area contributed by atoms with Gasteiger partial charge in [-0.2, -0.15) is 0 Å². The van der Waals surface area contributed by atoms with Crippen LogP contribution in [0.25, 0.3) is 0 Å². The normalized spacial score (nSPS) is 11.4. The molecule has 2 rings (SSSR count). The predicted octanol–water partition coefficient (Wildman–Crippen LogP) is 3.05. The molecule has 0 heterocycles. The molecule has 0 aliphatic heterocycles. The van der Waals surface area contributed by atoms with E-state index in [1.807, 2.05) is 67.6 Å². The highest BCUT2D eigenvalue weighted by molar-refractivity contribution is 5.77. The molecule has 0 fully saturated rings. The smallest absolute Gasteiger partial charge is 0.407 e. The van der Waals surface area contributed by atoms with Crippen LogP contribution in [0.4, 0.5) is 4.79 Å². The van der Waals surface area contributed by atoms with Gasteiger partial charge in [-0.05, 0) is 24.5 Å². The lowest BCUT2D eigenvalue weighted by molar-refractivity contribution is -0.121. The lowest BCUT2D eigenvalue weighted by Gasteiger charge is -2.14. The number of amides is 2. The zero-order valence-electron chi connectivity index (χ0n) is 14.4. The molecular weight excluding hydrogens is 316 g/mol. The summed E-state index contributed by atoms with van der Waals surface area (Å²) < 4.78 is 5.09. The summed E-state index contributed by atoms with van der Waals surface area (Å²) in [5, 5.41) is 5.51. The van der Waals surface area contributed by atoms with Gasteiger partial charge in [0.2, 0.25) is 5.91 Å². The van der Waals surface area contributed by atoms with E-state index >= 15 is 0 Å². The largest absolute Gasteiger partial charge is 0.445 e. The van der Waals surface area contributed by atoms with Crippen molar-refractivity contribution in [3.63, 3.8) is 0 Å². The molecule has 2 aromatic rings. The van der Waals surface area contributed by atoms with Gasteiger partial charge in [-0.15, -0.1) is 0 Å². The van der Waals surface area contributed by atoms with Crippen molar-refractivity contribution in [2.24, 2.45) is 0 Å². The highest BCUT2D eigenvalue weighted by Gasteiger charge is 2.09. The Bertz CT molecular complexity index is 659. The Morgan fingerprint density at radius 2 is 1.56 bits per heavy atom. The van der Waals surface area contributed by atoms with E-state index in [0.717, 1.165) is 12.0 Å². The summed E-state index contributed by atoms with van der Waals surface area (Å²) in [6.07, 6.45) is 0.479. The number of hydrogen-bond acceptors (Lipinski definition) is 3. The molecule has 25 heavy (non-hydrogen) atoms. The molecule has 5 heteroatoms. The number of rotatable bonds is 8.